The molecule has 0 bridgehead atoms. The molecule has 2 heterocycles. The number of hydrogen-bond donors (Lipinski definition) is 0. The van der Waals surface area contributed by atoms with E-state index in [1.807, 2.05) is 29.2 Å². The smallest absolute Gasteiger partial charge is 0.254 e. The zero-order chi connectivity index (χ0) is 21.1. The van der Waals surface area contributed by atoms with Crippen LogP contribution in [0.4, 0.5) is 5.69 Å². The Morgan fingerprint density at radius 1 is 0.933 bits per heavy atom. The Kier molecular flexibility index (Phi) is 5.99. The van der Waals surface area contributed by atoms with Crippen molar-refractivity contribution in [2.45, 2.75) is 38.1 Å². The lowest BCUT2D eigenvalue weighted by molar-refractivity contribution is 0.0681. The molecule has 2 saturated heterocycles. The van der Waals surface area contributed by atoms with E-state index in [-0.39, 0.29) is 17.7 Å². The first kappa shape index (κ1) is 20.7. The number of rotatable bonds is 4. The van der Waals surface area contributed by atoms with Gasteiger partial charge in [0.2, 0.25) is 10.0 Å². The van der Waals surface area contributed by atoms with Gasteiger partial charge in [-0.1, -0.05) is 25.0 Å². The lowest BCUT2D eigenvalue weighted by atomic mass is 10.00. The third-order valence-corrected chi connectivity index (χ3v) is 7.89. The van der Waals surface area contributed by atoms with E-state index in [2.05, 4.69) is 0 Å². The molecule has 2 fully saturated rings. The molecular weight excluding hydrogens is 400 g/mol. The molecule has 30 heavy (non-hydrogen) atoms. The lowest BCUT2D eigenvalue weighted by Crippen LogP contribution is -2.34. The fourth-order valence-corrected chi connectivity index (χ4v) is 5.95. The summed E-state index contributed by atoms with van der Waals surface area (Å²) in [6.07, 6.45) is 4.76. The van der Waals surface area contributed by atoms with Gasteiger partial charge in [-0.05, 0) is 61.2 Å². The fourth-order valence-electron chi connectivity index (χ4n) is 4.39. The molecule has 2 aliphatic rings. The largest absolute Gasteiger partial charge is 0.497 e. The second-order valence-corrected chi connectivity index (χ2v) is 9.94. The van der Waals surface area contributed by atoms with E-state index in [0.717, 1.165) is 43.5 Å². The molecule has 0 aromatic heterocycles. The summed E-state index contributed by atoms with van der Waals surface area (Å²) in [4.78, 5) is 15.4. The molecule has 6 nitrogen and oxygen atoms in total. The summed E-state index contributed by atoms with van der Waals surface area (Å²) in [5.74, 6) is 0.983. The number of anilines is 1. The number of hydrogen-bond acceptors (Lipinski definition) is 4. The number of nitrogens with zero attached hydrogens (tertiary/aromatic N) is 2. The van der Waals surface area contributed by atoms with E-state index >= 15 is 0 Å². The molecule has 7 heteroatoms. The number of amides is 1. The minimum Gasteiger partial charge on any atom is -0.497 e. The van der Waals surface area contributed by atoms with Crippen molar-refractivity contribution in [1.29, 1.82) is 0 Å². The highest BCUT2D eigenvalue weighted by atomic mass is 32.2. The molecule has 1 atom stereocenters. The van der Waals surface area contributed by atoms with Gasteiger partial charge in [0, 0.05) is 18.7 Å². The van der Waals surface area contributed by atoms with Crippen molar-refractivity contribution in [3.8, 4) is 5.75 Å². The summed E-state index contributed by atoms with van der Waals surface area (Å²) in [6, 6.07) is 15.0. The minimum atomic E-state index is -3.22. The van der Waals surface area contributed by atoms with Gasteiger partial charge in [0.1, 0.15) is 5.75 Å². The highest BCUT2D eigenvalue weighted by Gasteiger charge is 2.30. The third-order valence-electron chi connectivity index (χ3n) is 6.02. The normalized spacial score (nSPS) is 21.3. The van der Waals surface area contributed by atoms with Crippen LogP contribution in [0.25, 0.3) is 0 Å². The van der Waals surface area contributed by atoms with Gasteiger partial charge in [-0.25, -0.2) is 8.42 Å². The van der Waals surface area contributed by atoms with Crippen molar-refractivity contribution >= 4 is 21.6 Å². The van der Waals surface area contributed by atoms with Crippen LogP contribution in [0, 0.1) is 0 Å². The molecule has 0 radical (unpaired) electrons. The van der Waals surface area contributed by atoms with Gasteiger partial charge in [0.25, 0.3) is 5.91 Å². The summed E-state index contributed by atoms with van der Waals surface area (Å²) in [6.45, 7) is 1.22. The van der Waals surface area contributed by atoms with E-state index in [1.165, 1.54) is 4.31 Å². The Labute approximate surface area is 178 Å². The number of likely N-dealkylation sites (tertiary alicyclic amines) is 1. The second kappa shape index (κ2) is 8.68. The molecule has 2 aliphatic heterocycles. The number of carbonyl (C=O) groups excluding carboxylic acids is 1. The van der Waals surface area contributed by atoms with Crippen LogP contribution in [0.5, 0.6) is 5.75 Å². The molecule has 0 aliphatic carbocycles. The fraction of sp³-hybridized carbons (Fsp3) is 0.435. The quantitative estimate of drug-likeness (QED) is 0.738. The number of ether oxygens (including phenoxy) is 1. The van der Waals surface area contributed by atoms with Gasteiger partial charge >= 0.3 is 0 Å². The third kappa shape index (κ3) is 4.17. The Bertz CT molecular complexity index is 987. The first-order chi connectivity index (χ1) is 14.5. The average molecular weight is 429 g/mol. The molecule has 2 aromatic rings. The zero-order valence-electron chi connectivity index (χ0n) is 17.3. The first-order valence-electron chi connectivity index (χ1n) is 10.5. The van der Waals surface area contributed by atoms with Gasteiger partial charge in [-0.3, -0.25) is 9.10 Å². The minimum absolute atomic E-state index is 0.00597. The number of carbonyl (C=O) groups is 1. The second-order valence-electron chi connectivity index (χ2n) is 7.93. The topological polar surface area (TPSA) is 66.9 Å². The molecule has 0 saturated carbocycles. The van der Waals surface area contributed by atoms with Crippen LogP contribution in [0.2, 0.25) is 0 Å². The summed E-state index contributed by atoms with van der Waals surface area (Å²) in [5.41, 5.74) is 2.34. The van der Waals surface area contributed by atoms with Gasteiger partial charge in [-0.2, -0.15) is 0 Å². The first-order valence-corrected chi connectivity index (χ1v) is 12.2. The van der Waals surface area contributed by atoms with E-state index < -0.39 is 10.0 Å². The van der Waals surface area contributed by atoms with E-state index in [0.29, 0.717) is 24.2 Å². The molecule has 0 spiro atoms. The Morgan fingerprint density at radius 3 is 2.30 bits per heavy atom. The van der Waals surface area contributed by atoms with E-state index in [4.69, 9.17) is 4.74 Å². The van der Waals surface area contributed by atoms with E-state index in [9.17, 15) is 13.2 Å². The monoisotopic (exact) mass is 428 g/mol. The van der Waals surface area contributed by atoms with Crippen molar-refractivity contribution in [1.82, 2.24) is 4.90 Å². The van der Waals surface area contributed by atoms with Crippen molar-refractivity contribution in [3.63, 3.8) is 0 Å². The Morgan fingerprint density at radius 2 is 1.67 bits per heavy atom. The van der Waals surface area contributed by atoms with Crippen LogP contribution in [0.1, 0.15) is 54.1 Å². The van der Waals surface area contributed by atoms with Gasteiger partial charge < -0.3 is 9.64 Å². The van der Waals surface area contributed by atoms with Crippen LogP contribution in [0.3, 0.4) is 0 Å². The molecule has 1 amide bonds. The standard InChI is InChI=1S/C23H28N2O4S/c1-29-21-13-9-18(10-14-21)22-6-3-2-4-15-24(22)23(26)19-7-11-20(12-8-19)25-16-5-17-30(25,27)28/h7-14,22H,2-6,15-17H2,1H3. The number of benzene rings is 2. The van der Waals surface area contributed by atoms with Crippen LogP contribution in [-0.2, 0) is 10.0 Å². The SMILES string of the molecule is COc1ccc(C2CCCCCN2C(=O)c2ccc(N3CCCS3(=O)=O)cc2)cc1. The maximum absolute atomic E-state index is 13.4. The van der Waals surface area contributed by atoms with Gasteiger partial charge in [0.15, 0.2) is 0 Å². The molecule has 2 aromatic carbocycles. The highest BCUT2D eigenvalue weighted by Crippen LogP contribution is 2.33. The van der Waals surface area contributed by atoms with Crippen LogP contribution < -0.4 is 9.04 Å². The van der Waals surface area contributed by atoms with Crippen LogP contribution in [-0.4, -0.2) is 45.2 Å². The predicted octanol–water partition coefficient (Wildman–Crippen LogP) is 3.99. The molecule has 1 unspecified atom stereocenters. The molecule has 160 valence electrons. The molecular formula is C23H28N2O4S. The zero-order valence-corrected chi connectivity index (χ0v) is 18.1. The van der Waals surface area contributed by atoms with E-state index in [1.54, 1.807) is 31.4 Å². The lowest BCUT2D eigenvalue weighted by Gasteiger charge is -2.31. The van der Waals surface area contributed by atoms with Crippen LogP contribution in [0.15, 0.2) is 48.5 Å². The Balaban J connectivity index is 1.57. The average Bonchev–Trinajstić information content (AvgIpc) is 2.97. The van der Waals surface area contributed by atoms with Crippen molar-refractivity contribution in [2.24, 2.45) is 0 Å². The van der Waals surface area contributed by atoms with Crippen molar-refractivity contribution in [2.75, 3.05) is 30.3 Å². The summed E-state index contributed by atoms with van der Waals surface area (Å²) in [7, 11) is -1.58. The number of sulfonamides is 1. The number of methoxy groups -OCH3 is 1. The summed E-state index contributed by atoms with van der Waals surface area (Å²) in [5, 5.41) is 0. The maximum atomic E-state index is 13.4. The van der Waals surface area contributed by atoms with Crippen molar-refractivity contribution in [3.05, 3.63) is 59.7 Å². The van der Waals surface area contributed by atoms with Crippen molar-refractivity contribution < 1.29 is 17.9 Å². The summed E-state index contributed by atoms with van der Waals surface area (Å²) >= 11 is 0. The predicted molar refractivity (Wildman–Crippen MR) is 117 cm³/mol. The maximum Gasteiger partial charge on any atom is 0.254 e. The highest BCUT2D eigenvalue weighted by molar-refractivity contribution is 7.93. The van der Waals surface area contributed by atoms with Crippen LogP contribution >= 0.6 is 0 Å². The summed E-state index contributed by atoms with van der Waals surface area (Å²) < 4.78 is 31.0. The van der Waals surface area contributed by atoms with Gasteiger partial charge in [-0.15, -0.1) is 0 Å². The van der Waals surface area contributed by atoms with Gasteiger partial charge in [0.05, 0.1) is 24.6 Å². The molecule has 4 rings (SSSR count). The Hall–Kier alpha value is -2.54. The molecule has 0 N–H and O–H groups in total.